The lowest BCUT2D eigenvalue weighted by Gasteiger charge is -2.35. The second kappa shape index (κ2) is 10.9. The fraction of sp³-hybridized carbons (Fsp3) is 0.308. The zero-order valence-electron chi connectivity index (χ0n) is 17.9. The Balaban J connectivity index is 1.35. The van der Waals surface area contributed by atoms with Gasteiger partial charge in [-0.25, -0.2) is 8.78 Å². The average Bonchev–Trinajstić information content (AvgIpc) is 2.80. The summed E-state index contributed by atoms with van der Waals surface area (Å²) in [5, 5.41) is 0.228. The van der Waals surface area contributed by atoms with Gasteiger partial charge in [-0.3, -0.25) is 4.90 Å². The number of ether oxygens (including phenoxy) is 1. The fourth-order valence-electron chi connectivity index (χ4n) is 4.01. The van der Waals surface area contributed by atoms with Gasteiger partial charge in [0.25, 0.3) is 0 Å². The van der Waals surface area contributed by atoms with E-state index >= 15 is 0 Å². The zero-order chi connectivity index (χ0) is 22.3. The number of rotatable bonds is 8. The van der Waals surface area contributed by atoms with Gasteiger partial charge < -0.3 is 9.64 Å². The Bertz CT molecular complexity index is 992. The van der Waals surface area contributed by atoms with E-state index in [0.717, 1.165) is 51.3 Å². The Morgan fingerprint density at radius 3 is 2.16 bits per heavy atom. The van der Waals surface area contributed by atoms with Crippen molar-refractivity contribution in [3.8, 4) is 5.75 Å². The van der Waals surface area contributed by atoms with Gasteiger partial charge >= 0.3 is 0 Å². The van der Waals surface area contributed by atoms with Crippen LogP contribution in [0.2, 0.25) is 5.02 Å². The number of nitrogens with zero attached hydrogens (tertiary/aromatic N) is 2. The molecule has 32 heavy (non-hydrogen) atoms. The van der Waals surface area contributed by atoms with Crippen LogP contribution in [0.3, 0.4) is 0 Å². The second-order valence-corrected chi connectivity index (χ2v) is 8.53. The van der Waals surface area contributed by atoms with Crippen molar-refractivity contribution in [2.45, 2.75) is 19.1 Å². The van der Waals surface area contributed by atoms with Crippen molar-refractivity contribution in [3.63, 3.8) is 0 Å². The summed E-state index contributed by atoms with van der Waals surface area (Å²) < 4.78 is 33.0. The lowest BCUT2D eigenvalue weighted by Crippen LogP contribution is -2.46. The summed E-state index contributed by atoms with van der Waals surface area (Å²) in [5.41, 5.74) is 2.21. The molecule has 0 spiro atoms. The summed E-state index contributed by atoms with van der Waals surface area (Å²) in [6, 6.07) is 21.0. The quantitative estimate of drug-likeness (QED) is 0.417. The van der Waals surface area contributed by atoms with Gasteiger partial charge in [-0.15, -0.1) is 0 Å². The highest BCUT2D eigenvalue weighted by molar-refractivity contribution is 6.32. The van der Waals surface area contributed by atoms with E-state index in [2.05, 4.69) is 34.1 Å². The van der Waals surface area contributed by atoms with Gasteiger partial charge in [-0.2, -0.15) is 0 Å². The van der Waals surface area contributed by atoms with Gasteiger partial charge in [0.2, 0.25) is 0 Å². The number of benzene rings is 3. The Labute approximate surface area is 193 Å². The molecule has 168 valence electrons. The standard InChI is InChI=1S/C26H27ClF2N2O/c27-24-18-23(29)10-11-26(24)32-25(21-6-8-22(28)9-7-21)12-13-30-14-16-31(17-15-30)19-20-4-2-1-3-5-20/h1-11,18,25H,12-17,19H2. The molecule has 1 atom stereocenters. The monoisotopic (exact) mass is 456 g/mol. The van der Waals surface area contributed by atoms with E-state index in [4.69, 9.17) is 16.3 Å². The first-order valence-electron chi connectivity index (χ1n) is 10.9. The third kappa shape index (κ3) is 6.28. The molecule has 1 aliphatic rings. The van der Waals surface area contributed by atoms with Crippen LogP contribution in [0.15, 0.2) is 72.8 Å². The first-order valence-corrected chi connectivity index (χ1v) is 11.3. The molecule has 3 nitrogen and oxygen atoms in total. The predicted molar refractivity (Wildman–Crippen MR) is 124 cm³/mol. The summed E-state index contributed by atoms with van der Waals surface area (Å²) in [7, 11) is 0. The van der Waals surface area contributed by atoms with Gasteiger partial charge in [-0.1, -0.05) is 54.1 Å². The molecular weight excluding hydrogens is 430 g/mol. The molecule has 0 aromatic heterocycles. The van der Waals surface area contributed by atoms with E-state index in [0.29, 0.717) is 5.75 Å². The molecule has 4 rings (SSSR count). The highest BCUT2D eigenvalue weighted by Crippen LogP contribution is 2.31. The van der Waals surface area contributed by atoms with Crippen molar-refractivity contribution in [1.82, 2.24) is 9.80 Å². The minimum absolute atomic E-state index is 0.228. The second-order valence-electron chi connectivity index (χ2n) is 8.12. The Kier molecular flexibility index (Phi) is 7.74. The molecular formula is C26H27ClF2N2O. The maximum absolute atomic E-state index is 13.4. The Morgan fingerprint density at radius 2 is 1.47 bits per heavy atom. The molecule has 1 saturated heterocycles. The van der Waals surface area contributed by atoms with Crippen LogP contribution in [-0.4, -0.2) is 42.5 Å². The number of hydrogen-bond donors (Lipinski definition) is 0. The topological polar surface area (TPSA) is 15.7 Å². The average molecular weight is 457 g/mol. The van der Waals surface area contributed by atoms with E-state index in [-0.39, 0.29) is 16.9 Å². The third-order valence-corrected chi connectivity index (χ3v) is 6.12. The Morgan fingerprint density at radius 1 is 0.812 bits per heavy atom. The van der Waals surface area contributed by atoms with Crippen molar-refractivity contribution < 1.29 is 13.5 Å². The minimum Gasteiger partial charge on any atom is -0.484 e. The molecule has 3 aromatic carbocycles. The van der Waals surface area contributed by atoms with Gasteiger partial charge in [0.05, 0.1) is 5.02 Å². The molecule has 1 fully saturated rings. The van der Waals surface area contributed by atoms with Gasteiger partial charge in [0, 0.05) is 45.7 Å². The van der Waals surface area contributed by atoms with Crippen LogP contribution >= 0.6 is 11.6 Å². The summed E-state index contributed by atoms with van der Waals surface area (Å²) in [6.45, 7) is 5.82. The summed E-state index contributed by atoms with van der Waals surface area (Å²) in [6.07, 6.45) is 0.416. The SMILES string of the molecule is Fc1ccc(C(CCN2CCN(Cc3ccccc3)CC2)Oc2ccc(F)cc2Cl)cc1. The first-order chi connectivity index (χ1) is 15.6. The molecule has 0 radical (unpaired) electrons. The van der Waals surface area contributed by atoms with Crippen LogP contribution in [-0.2, 0) is 6.54 Å². The largest absolute Gasteiger partial charge is 0.484 e. The van der Waals surface area contributed by atoms with Gasteiger partial charge in [0.15, 0.2) is 0 Å². The fourth-order valence-corrected chi connectivity index (χ4v) is 4.22. The molecule has 0 aliphatic carbocycles. The highest BCUT2D eigenvalue weighted by atomic mass is 35.5. The highest BCUT2D eigenvalue weighted by Gasteiger charge is 2.21. The normalized spacial score (nSPS) is 16.1. The number of hydrogen-bond acceptors (Lipinski definition) is 3. The van der Waals surface area contributed by atoms with E-state index in [1.165, 1.54) is 35.9 Å². The van der Waals surface area contributed by atoms with Crippen LogP contribution in [0.4, 0.5) is 8.78 Å². The molecule has 0 N–H and O–H groups in total. The lowest BCUT2D eigenvalue weighted by molar-refractivity contribution is 0.107. The molecule has 0 amide bonds. The summed E-state index contributed by atoms with van der Waals surface area (Å²) >= 11 is 6.18. The van der Waals surface area contributed by atoms with Crippen molar-refractivity contribution in [2.75, 3.05) is 32.7 Å². The van der Waals surface area contributed by atoms with E-state index in [1.807, 2.05) is 6.07 Å². The van der Waals surface area contributed by atoms with E-state index in [1.54, 1.807) is 12.1 Å². The third-order valence-electron chi connectivity index (χ3n) is 5.83. The van der Waals surface area contributed by atoms with Crippen LogP contribution in [0.1, 0.15) is 23.7 Å². The van der Waals surface area contributed by atoms with Gasteiger partial charge in [0.1, 0.15) is 23.5 Å². The number of piperazine rings is 1. The maximum atomic E-state index is 13.4. The van der Waals surface area contributed by atoms with Crippen molar-refractivity contribution >= 4 is 11.6 Å². The maximum Gasteiger partial charge on any atom is 0.139 e. The predicted octanol–water partition coefficient (Wildman–Crippen LogP) is 5.95. The minimum atomic E-state index is -0.408. The molecule has 0 bridgehead atoms. The zero-order valence-corrected chi connectivity index (χ0v) is 18.6. The first kappa shape index (κ1) is 22.7. The van der Waals surface area contributed by atoms with Crippen LogP contribution in [0.25, 0.3) is 0 Å². The number of halogens is 3. The van der Waals surface area contributed by atoms with Crippen molar-refractivity contribution in [2.24, 2.45) is 0 Å². The van der Waals surface area contributed by atoms with Crippen LogP contribution in [0, 0.1) is 11.6 Å². The molecule has 1 aliphatic heterocycles. The van der Waals surface area contributed by atoms with E-state index < -0.39 is 5.82 Å². The van der Waals surface area contributed by atoms with Crippen molar-refractivity contribution in [3.05, 3.63) is 101 Å². The lowest BCUT2D eigenvalue weighted by atomic mass is 10.1. The molecule has 6 heteroatoms. The van der Waals surface area contributed by atoms with Crippen molar-refractivity contribution in [1.29, 1.82) is 0 Å². The molecule has 0 saturated carbocycles. The Hall–Kier alpha value is -2.47. The smallest absolute Gasteiger partial charge is 0.139 e. The molecule has 1 unspecified atom stereocenters. The summed E-state index contributed by atoms with van der Waals surface area (Å²) in [5.74, 6) is -0.272. The van der Waals surface area contributed by atoms with Crippen LogP contribution < -0.4 is 4.74 Å². The molecule has 1 heterocycles. The van der Waals surface area contributed by atoms with Gasteiger partial charge in [-0.05, 0) is 41.5 Å². The van der Waals surface area contributed by atoms with Crippen LogP contribution in [0.5, 0.6) is 5.75 Å². The summed E-state index contributed by atoms with van der Waals surface area (Å²) in [4.78, 5) is 4.89. The molecule has 3 aromatic rings. The van der Waals surface area contributed by atoms with E-state index in [9.17, 15) is 8.78 Å².